The van der Waals surface area contributed by atoms with Crippen LogP contribution in [0.2, 0.25) is 0 Å². The summed E-state index contributed by atoms with van der Waals surface area (Å²) in [5.41, 5.74) is 0.766. The van der Waals surface area contributed by atoms with E-state index in [1.165, 1.54) is 12.0 Å². The molecular weight excluding hydrogens is 290 g/mol. The second-order valence-electron chi connectivity index (χ2n) is 5.44. The zero-order valence-corrected chi connectivity index (χ0v) is 12.5. The molecule has 18 heavy (non-hydrogen) atoms. The molecule has 0 unspecified atom stereocenters. The molecule has 2 nitrogen and oxygen atoms in total. The maximum atomic E-state index is 10.4. The Kier molecular flexibility index (Phi) is 4.82. The van der Waals surface area contributed by atoms with Gasteiger partial charge in [0, 0.05) is 17.1 Å². The molecule has 0 amide bonds. The van der Waals surface area contributed by atoms with Crippen LogP contribution < -0.4 is 5.32 Å². The summed E-state index contributed by atoms with van der Waals surface area (Å²) < 4.78 is 1.10. The van der Waals surface area contributed by atoms with Crippen molar-refractivity contribution < 1.29 is 5.11 Å². The minimum Gasteiger partial charge on any atom is -0.389 e. The van der Waals surface area contributed by atoms with Crippen LogP contribution in [0, 0.1) is 0 Å². The summed E-state index contributed by atoms with van der Waals surface area (Å²) in [5.74, 6) is 0. The lowest BCUT2D eigenvalue weighted by Crippen LogP contribution is -2.42. The minimum absolute atomic E-state index is 0.272. The van der Waals surface area contributed by atoms with E-state index in [-0.39, 0.29) is 6.04 Å². The van der Waals surface area contributed by atoms with Crippen LogP contribution in [0.3, 0.4) is 0 Å². The van der Waals surface area contributed by atoms with Crippen molar-refractivity contribution in [2.75, 3.05) is 6.54 Å². The fourth-order valence-corrected chi connectivity index (χ4v) is 3.04. The Morgan fingerprint density at radius 2 is 2.06 bits per heavy atom. The van der Waals surface area contributed by atoms with Crippen molar-refractivity contribution in [1.29, 1.82) is 0 Å². The van der Waals surface area contributed by atoms with Crippen molar-refractivity contribution >= 4 is 15.9 Å². The Morgan fingerprint density at radius 3 is 2.72 bits per heavy atom. The summed E-state index contributed by atoms with van der Waals surface area (Å²) in [6, 6.07) is 8.60. The maximum absolute atomic E-state index is 10.4. The van der Waals surface area contributed by atoms with Crippen LogP contribution >= 0.6 is 15.9 Å². The van der Waals surface area contributed by atoms with Crippen molar-refractivity contribution in [2.45, 2.75) is 50.7 Å². The highest BCUT2D eigenvalue weighted by Gasteiger charge is 2.29. The van der Waals surface area contributed by atoms with Crippen LogP contribution in [-0.2, 0) is 0 Å². The molecule has 0 heterocycles. The molecule has 0 spiro atoms. The van der Waals surface area contributed by atoms with Gasteiger partial charge in [0.25, 0.3) is 0 Å². The molecule has 1 aliphatic rings. The summed E-state index contributed by atoms with van der Waals surface area (Å²) in [7, 11) is 0. The van der Waals surface area contributed by atoms with Gasteiger partial charge in [-0.1, -0.05) is 47.3 Å². The van der Waals surface area contributed by atoms with E-state index in [9.17, 15) is 5.11 Å². The van der Waals surface area contributed by atoms with Gasteiger partial charge in [-0.05, 0) is 37.5 Å². The summed E-state index contributed by atoms with van der Waals surface area (Å²) in [4.78, 5) is 0. The molecule has 0 saturated heterocycles. The molecule has 0 aromatic heterocycles. The highest BCUT2D eigenvalue weighted by molar-refractivity contribution is 9.10. The first-order chi connectivity index (χ1) is 8.59. The molecule has 100 valence electrons. The second-order valence-corrected chi connectivity index (χ2v) is 6.36. The summed E-state index contributed by atoms with van der Waals surface area (Å²) in [6.07, 6.45) is 5.45. The molecule has 0 aliphatic heterocycles. The zero-order valence-electron chi connectivity index (χ0n) is 11.0. The number of benzene rings is 1. The van der Waals surface area contributed by atoms with Crippen molar-refractivity contribution in [3.05, 3.63) is 34.3 Å². The average molecular weight is 312 g/mol. The first-order valence-electron chi connectivity index (χ1n) is 6.80. The van der Waals surface area contributed by atoms with E-state index in [2.05, 4.69) is 40.3 Å². The van der Waals surface area contributed by atoms with Gasteiger partial charge in [0.2, 0.25) is 0 Å². The van der Waals surface area contributed by atoms with E-state index in [4.69, 9.17) is 0 Å². The Hall–Kier alpha value is -0.380. The topological polar surface area (TPSA) is 32.3 Å². The van der Waals surface area contributed by atoms with E-state index >= 15 is 0 Å². The molecule has 0 radical (unpaired) electrons. The molecule has 1 aromatic carbocycles. The number of halogens is 1. The van der Waals surface area contributed by atoms with Crippen LogP contribution in [0.4, 0.5) is 0 Å². The third kappa shape index (κ3) is 3.81. The Morgan fingerprint density at radius 1 is 1.33 bits per heavy atom. The molecule has 1 atom stereocenters. The molecule has 0 bridgehead atoms. The zero-order chi connectivity index (χ0) is 13.0. The fraction of sp³-hybridized carbons (Fsp3) is 0.600. The van der Waals surface area contributed by atoms with Crippen LogP contribution in [0.5, 0.6) is 0 Å². The second kappa shape index (κ2) is 6.18. The minimum atomic E-state index is -0.488. The number of hydrogen-bond acceptors (Lipinski definition) is 2. The molecule has 2 rings (SSSR count). The molecule has 1 saturated carbocycles. The molecule has 1 fully saturated rings. The van der Waals surface area contributed by atoms with Gasteiger partial charge in [-0.25, -0.2) is 0 Å². The van der Waals surface area contributed by atoms with Gasteiger partial charge in [0.1, 0.15) is 0 Å². The smallest absolute Gasteiger partial charge is 0.0771 e. The maximum Gasteiger partial charge on any atom is 0.0771 e. The Labute approximate surface area is 118 Å². The van der Waals surface area contributed by atoms with E-state index in [0.717, 1.165) is 30.2 Å². The van der Waals surface area contributed by atoms with E-state index in [1.54, 1.807) is 0 Å². The first kappa shape index (κ1) is 14.0. The highest BCUT2D eigenvalue weighted by Crippen LogP contribution is 2.28. The molecular formula is C15H22BrNO. The number of hydrogen-bond donors (Lipinski definition) is 2. The lowest BCUT2D eigenvalue weighted by Gasteiger charge is -2.33. The highest BCUT2D eigenvalue weighted by atomic mass is 79.9. The number of nitrogens with one attached hydrogen (secondary N) is 1. The Bertz CT molecular complexity index is 388. The molecule has 3 heteroatoms. The third-order valence-corrected chi connectivity index (χ3v) is 4.36. The third-order valence-electron chi connectivity index (χ3n) is 3.87. The summed E-state index contributed by atoms with van der Waals surface area (Å²) in [6.45, 7) is 2.84. The van der Waals surface area contributed by atoms with Crippen molar-refractivity contribution in [2.24, 2.45) is 0 Å². The van der Waals surface area contributed by atoms with Gasteiger partial charge < -0.3 is 10.4 Å². The van der Waals surface area contributed by atoms with Gasteiger partial charge in [0.15, 0.2) is 0 Å². The fourth-order valence-electron chi connectivity index (χ4n) is 2.62. The van der Waals surface area contributed by atoms with Gasteiger partial charge in [-0.15, -0.1) is 0 Å². The monoisotopic (exact) mass is 311 g/mol. The quantitative estimate of drug-likeness (QED) is 0.886. The normalized spacial score (nSPS) is 20.6. The number of rotatable bonds is 4. The van der Waals surface area contributed by atoms with Crippen molar-refractivity contribution in [3.8, 4) is 0 Å². The van der Waals surface area contributed by atoms with Crippen molar-refractivity contribution in [3.63, 3.8) is 0 Å². The SMILES string of the molecule is C[C@@H](NCC1(O)CCCCC1)c1cccc(Br)c1. The standard InChI is InChI=1S/C15H22BrNO/c1-12(13-6-5-7-14(16)10-13)17-11-15(18)8-3-2-4-9-15/h5-7,10,12,17-18H,2-4,8-9,11H2,1H3/t12-/m1/s1. The predicted molar refractivity (Wildman–Crippen MR) is 78.6 cm³/mol. The molecule has 1 aliphatic carbocycles. The lowest BCUT2D eigenvalue weighted by atomic mass is 9.84. The predicted octanol–water partition coefficient (Wildman–Crippen LogP) is 3.79. The lowest BCUT2D eigenvalue weighted by molar-refractivity contribution is 0.00300. The molecule has 2 N–H and O–H groups in total. The summed E-state index contributed by atoms with van der Waals surface area (Å²) >= 11 is 3.49. The van der Waals surface area contributed by atoms with Gasteiger partial charge in [-0.3, -0.25) is 0 Å². The average Bonchev–Trinajstić information content (AvgIpc) is 2.37. The first-order valence-corrected chi connectivity index (χ1v) is 7.60. The van der Waals surface area contributed by atoms with E-state index in [1.807, 2.05) is 12.1 Å². The molecule has 1 aromatic rings. The Balaban J connectivity index is 1.89. The van der Waals surface area contributed by atoms with Crippen LogP contribution in [0.25, 0.3) is 0 Å². The van der Waals surface area contributed by atoms with Crippen LogP contribution in [0.15, 0.2) is 28.7 Å². The van der Waals surface area contributed by atoms with Crippen molar-refractivity contribution in [1.82, 2.24) is 5.32 Å². The van der Waals surface area contributed by atoms with E-state index in [0.29, 0.717) is 6.54 Å². The summed E-state index contributed by atoms with van der Waals surface area (Å²) in [5, 5.41) is 13.9. The largest absolute Gasteiger partial charge is 0.389 e. The van der Waals surface area contributed by atoms with E-state index < -0.39 is 5.60 Å². The van der Waals surface area contributed by atoms with Crippen LogP contribution in [-0.4, -0.2) is 17.3 Å². The number of aliphatic hydroxyl groups is 1. The van der Waals surface area contributed by atoms with Gasteiger partial charge in [0.05, 0.1) is 5.60 Å². The van der Waals surface area contributed by atoms with Gasteiger partial charge >= 0.3 is 0 Å². The van der Waals surface area contributed by atoms with Gasteiger partial charge in [-0.2, -0.15) is 0 Å². The van der Waals surface area contributed by atoms with Crippen LogP contribution in [0.1, 0.15) is 50.6 Å².